The van der Waals surface area contributed by atoms with Crippen LogP contribution in [0.3, 0.4) is 0 Å². The Morgan fingerprint density at radius 2 is 1.75 bits per heavy atom. The van der Waals surface area contributed by atoms with Crippen LogP contribution in [0, 0.1) is 5.41 Å². The quantitative estimate of drug-likeness (QED) is 0.750. The summed E-state index contributed by atoms with van der Waals surface area (Å²) in [6.07, 6.45) is 1.33. The minimum atomic E-state index is -0.581. The molecule has 0 fully saturated rings. The second kappa shape index (κ2) is 9.04. The zero-order chi connectivity index (χ0) is 18.3. The second-order valence-corrected chi connectivity index (χ2v) is 6.22. The van der Waals surface area contributed by atoms with Gasteiger partial charge in [0.1, 0.15) is 0 Å². The molecule has 2 amide bonds. The molecule has 1 aromatic rings. The van der Waals surface area contributed by atoms with Crippen molar-refractivity contribution in [2.75, 3.05) is 25.0 Å². The van der Waals surface area contributed by atoms with Gasteiger partial charge in [0.05, 0.1) is 16.0 Å². The molecule has 0 saturated carbocycles. The number of carbonyl (C=O) groups excluding carboxylic acids is 2. The van der Waals surface area contributed by atoms with Crippen molar-refractivity contribution in [2.24, 2.45) is 11.1 Å². The van der Waals surface area contributed by atoms with E-state index in [4.69, 9.17) is 17.3 Å². The van der Waals surface area contributed by atoms with Crippen molar-refractivity contribution in [1.29, 1.82) is 0 Å². The molecule has 0 aliphatic carbocycles. The van der Waals surface area contributed by atoms with E-state index < -0.39 is 5.41 Å². The Labute approximate surface area is 149 Å². The largest absolute Gasteiger partial charge is 0.339 e. The van der Waals surface area contributed by atoms with Crippen molar-refractivity contribution in [1.82, 2.24) is 4.90 Å². The number of hydrogen-bond acceptors (Lipinski definition) is 3. The molecule has 0 bridgehead atoms. The van der Waals surface area contributed by atoms with Crippen molar-refractivity contribution in [3.8, 4) is 0 Å². The molecule has 3 N–H and O–H groups in total. The third-order valence-corrected chi connectivity index (χ3v) is 5.05. The fourth-order valence-electron chi connectivity index (χ4n) is 2.66. The molecular weight excluding hydrogens is 326 g/mol. The van der Waals surface area contributed by atoms with Gasteiger partial charge < -0.3 is 16.0 Å². The van der Waals surface area contributed by atoms with E-state index in [-0.39, 0.29) is 18.4 Å². The lowest BCUT2D eigenvalue weighted by Gasteiger charge is -2.28. The van der Waals surface area contributed by atoms with Crippen LogP contribution in [0.2, 0.25) is 5.02 Å². The van der Waals surface area contributed by atoms with Gasteiger partial charge in [0.25, 0.3) is 5.91 Å². The lowest BCUT2D eigenvalue weighted by Crippen LogP contribution is -2.41. The standard InChI is InChI=1S/C18H28ClN3O2/c1-5-18(6-2,12-20)17(24)21-13-9-10-14(15(19)11-13)16(23)22(7-3)8-4/h9-11H,5-8,12,20H2,1-4H3,(H,21,24). The van der Waals surface area contributed by atoms with Crippen LogP contribution < -0.4 is 11.1 Å². The summed E-state index contributed by atoms with van der Waals surface area (Å²) in [5, 5.41) is 3.20. The minimum Gasteiger partial charge on any atom is -0.339 e. The molecule has 0 spiro atoms. The fourth-order valence-corrected chi connectivity index (χ4v) is 2.93. The van der Waals surface area contributed by atoms with Gasteiger partial charge in [-0.05, 0) is 44.9 Å². The van der Waals surface area contributed by atoms with E-state index in [1.54, 1.807) is 23.1 Å². The number of nitrogens with one attached hydrogen (secondary N) is 1. The highest BCUT2D eigenvalue weighted by atomic mass is 35.5. The molecule has 0 atom stereocenters. The first kappa shape index (κ1) is 20.5. The Hall–Kier alpha value is -1.59. The number of halogens is 1. The summed E-state index contributed by atoms with van der Waals surface area (Å²) in [6.45, 7) is 9.28. The van der Waals surface area contributed by atoms with Crippen LogP contribution in [0.1, 0.15) is 50.9 Å². The molecule has 0 unspecified atom stereocenters. The fraction of sp³-hybridized carbons (Fsp3) is 0.556. The molecule has 5 nitrogen and oxygen atoms in total. The molecule has 24 heavy (non-hydrogen) atoms. The van der Waals surface area contributed by atoms with Crippen molar-refractivity contribution >= 4 is 29.1 Å². The molecule has 6 heteroatoms. The van der Waals surface area contributed by atoms with Crippen LogP contribution in [-0.2, 0) is 4.79 Å². The SMILES string of the molecule is CCN(CC)C(=O)c1ccc(NC(=O)C(CC)(CC)CN)cc1Cl. The van der Waals surface area contributed by atoms with Gasteiger partial charge >= 0.3 is 0 Å². The van der Waals surface area contributed by atoms with Crippen LogP contribution in [-0.4, -0.2) is 36.3 Å². The van der Waals surface area contributed by atoms with E-state index in [9.17, 15) is 9.59 Å². The van der Waals surface area contributed by atoms with Gasteiger partial charge in [-0.25, -0.2) is 0 Å². The average molecular weight is 354 g/mol. The summed E-state index contributed by atoms with van der Waals surface area (Å²) in [5.41, 5.74) is 6.23. The number of nitrogens with zero attached hydrogens (tertiary/aromatic N) is 1. The number of amides is 2. The van der Waals surface area contributed by atoms with Crippen LogP contribution in [0.5, 0.6) is 0 Å². The van der Waals surface area contributed by atoms with Crippen LogP contribution in [0.25, 0.3) is 0 Å². The predicted molar refractivity (Wildman–Crippen MR) is 99.4 cm³/mol. The van der Waals surface area contributed by atoms with Gasteiger partial charge in [-0.2, -0.15) is 0 Å². The molecule has 0 aliphatic rings. The van der Waals surface area contributed by atoms with Crippen LogP contribution in [0.4, 0.5) is 5.69 Å². The third kappa shape index (κ3) is 4.28. The van der Waals surface area contributed by atoms with Gasteiger partial charge in [-0.15, -0.1) is 0 Å². The monoisotopic (exact) mass is 353 g/mol. The number of rotatable bonds is 8. The molecule has 1 aromatic carbocycles. The zero-order valence-electron chi connectivity index (χ0n) is 15.0. The van der Waals surface area contributed by atoms with Gasteiger partial charge in [-0.1, -0.05) is 25.4 Å². The Morgan fingerprint density at radius 3 is 2.17 bits per heavy atom. The van der Waals surface area contributed by atoms with E-state index in [0.29, 0.717) is 42.2 Å². The normalized spacial score (nSPS) is 11.2. The molecule has 0 aromatic heterocycles. The molecule has 1 rings (SSSR count). The predicted octanol–water partition coefficient (Wildman–Crippen LogP) is 3.53. The Morgan fingerprint density at radius 1 is 1.17 bits per heavy atom. The number of hydrogen-bond donors (Lipinski definition) is 2. The van der Waals surface area contributed by atoms with Crippen molar-refractivity contribution in [3.63, 3.8) is 0 Å². The summed E-state index contributed by atoms with van der Waals surface area (Å²) in [4.78, 5) is 26.6. The highest BCUT2D eigenvalue weighted by molar-refractivity contribution is 6.34. The topological polar surface area (TPSA) is 75.4 Å². The first-order valence-corrected chi connectivity index (χ1v) is 8.87. The van der Waals surface area contributed by atoms with E-state index >= 15 is 0 Å². The highest BCUT2D eigenvalue weighted by Crippen LogP contribution is 2.28. The highest BCUT2D eigenvalue weighted by Gasteiger charge is 2.33. The molecule has 0 saturated heterocycles. The molecule has 0 heterocycles. The molecule has 134 valence electrons. The molecular formula is C18H28ClN3O2. The average Bonchev–Trinajstić information content (AvgIpc) is 2.58. The van der Waals surface area contributed by atoms with Gasteiger partial charge in [0.2, 0.25) is 5.91 Å². The molecule has 0 radical (unpaired) electrons. The maximum absolute atomic E-state index is 12.5. The van der Waals surface area contributed by atoms with Gasteiger partial charge in [-0.3, -0.25) is 9.59 Å². The maximum Gasteiger partial charge on any atom is 0.255 e. The zero-order valence-corrected chi connectivity index (χ0v) is 15.7. The Kier molecular flexibility index (Phi) is 7.70. The van der Waals surface area contributed by atoms with E-state index in [1.807, 2.05) is 27.7 Å². The summed E-state index contributed by atoms with van der Waals surface area (Å²) < 4.78 is 0. The molecule has 0 aliphatic heterocycles. The first-order chi connectivity index (χ1) is 11.4. The summed E-state index contributed by atoms with van der Waals surface area (Å²) in [5.74, 6) is -0.227. The minimum absolute atomic E-state index is 0.110. The van der Waals surface area contributed by atoms with Crippen molar-refractivity contribution < 1.29 is 9.59 Å². The van der Waals surface area contributed by atoms with Gasteiger partial charge in [0.15, 0.2) is 0 Å². The van der Waals surface area contributed by atoms with Crippen molar-refractivity contribution in [2.45, 2.75) is 40.5 Å². The number of benzene rings is 1. The summed E-state index contributed by atoms with van der Waals surface area (Å²) >= 11 is 6.26. The van der Waals surface area contributed by atoms with E-state index in [1.165, 1.54) is 0 Å². The summed E-state index contributed by atoms with van der Waals surface area (Å²) in [7, 11) is 0. The third-order valence-electron chi connectivity index (χ3n) is 4.73. The number of carbonyl (C=O) groups is 2. The van der Waals surface area contributed by atoms with Gasteiger partial charge in [0, 0.05) is 25.3 Å². The smallest absolute Gasteiger partial charge is 0.255 e. The van der Waals surface area contributed by atoms with Crippen molar-refractivity contribution in [3.05, 3.63) is 28.8 Å². The first-order valence-electron chi connectivity index (χ1n) is 8.49. The van der Waals surface area contributed by atoms with E-state index in [2.05, 4.69) is 5.32 Å². The lowest BCUT2D eigenvalue weighted by atomic mass is 9.81. The van der Waals surface area contributed by atoms with Crippen LogP contribution in [0.15, 0.2) is 18.2 Å². The summed E-state index contributed by atoms with van der Waals surface area (Å²) in [6, 6.07) is 4.97. The number of nitrogens with two attached hydrogens (primary N) is 1. The number of anilines is 1. The second-order valence-electron chi connectivity index (χ2n) is 5.82. The Balaban J connectivity index is 3.00. The maximum atomic E-state index is 12.5. The van der Waals surface area contributed by atoms with E-state index in [0.717, 1.165) is 0 Å². The Bertz CT molecular complexity index is 573. The lowest BCUT2D eigenvalue weighted by molar-refractivity contribution is -0.125. The van der Waals surface area contributed by atoms with Crippen LogP contribution >= 0.6 is 11.6 Å².